The number of aromatic nitrogens is 2. The average Bonchev–Trinajstić information content (AvgIpc) is 2.86. The molecule has 0 spiro atoms. The Balaban J connectivity index is 1.30. The van der Waals surface area contributed by atoms with E-state index in [-0.39, 0.29) is 24.3 Å². The molecule has 0 radical (unpaired) electrons. The molecule has 1 N–H and O–H groups in total. The number of nitrogens with one attached hydrogen (secondary N) is 1. The number of imide groups is 1. The fourth-order valence-electron chi connectivity index (χ4n) is 4.96. The fourth-order valence-corrected chi connectivity index (χ4v) is 4.96. The van der Waals surface area contributed by atoms with Gasteiger partial charge in [0.1, 0.15) is 24.2 Å². The summed E-state index contributed by atoms with van der Waals surface area (Å²) < 4.78 is 7.37. The van der Waals surface area contributed by atoms with Gasteiger partial charge in [-0.25, -0.2) is 4.98 Å². The van der Waals surface area contributed by atoms with Crippen molar-refractivity contribution in [2.24, 2.45) is 0 Å². The smallest absolute Gasteiger partial charge is 0.262 e. The number of aryl methyl sites for hydroxylation is 1. The number of rotatable bonds is 6. The van der Waals surface area contributed by atoms with E-state index < -0.39 is 11.9 Å². The van der Waals surface area contributed by atoms with Crippen LogP contribution in [0.5, 0.6) is 5.75 Å². The van der Waals surface area contributed by atoms with E-state index in [1.165, 1.54) is 42.5 Å². The van der Waals surface area contributed by atoms with E-state index in [0.717, 1.165) is 12.1 Å². The van der Waals surface area contributed by atoms with Crippen LogP contribution in [0.2, 0.25) is 0 Å². The van der Waals surface area contributed by atoms with Crippen LogP contribution >= 0.6 is 0 Å². The SMILES string of the molecule is Cc1nc2ccc(OCc3ccc(CN4CCCCC4)cc3)cc2c(=O)n1C1CCC(=O)NC1=O. The van der Waals surface area contributed by atoms with Crippen molar-refractivity contribution in [1.29, 1.82) is 0 Å². The molecule has 3 heterocycles. The highest BCUT2D eigenvalue weighted by atomic mass is 16.5. The number of benzene rings is 2. The van der Waals surface area contributed by atoms with Crippen molar-refractivity contribution in [3.05, 3.63) is 69.8 Å². The monoisotopic (exact) mass is 474 g/mol. The predicted molar refractivity (Wildman–Crippen MR) is 132 cm³/mol. The maximum absolute atomic E-state index is 13.3. The van der Waals surface area contributed by atoms with Gasteiger partial charge in [0, 0.05) is 13.0 Å². The van der Waals surface area contributed by atoms with E-state index >= 15 is 0 Å². The average molecular weight is 475 g/mol. The van der Waals surface area contributed by atoms with Crippen LogP contribution in [-0.2, 0) is 22.7 Å². The van der Waals surface area contributed by atoms with Crippen LogP contribution in [0.25, 0.3) is 10.9 Å². The van der Waals surface area contributed by atoms with Crippen molar-refractivity contribution in [2.75, 3.05) is 13.1 Å². The van der Waals surface area contributed by atoms with Gasteiger partial charge in [-0.15, -0.1) is 0 Å². The maximum Gasteiger partial charge on any atom is 0.262 e. The zero-order valence-corrected chi connectivity index (χ0v) is 20.0. The summed E-state index contributed by atoms with van der Waals surface area (Å²) in [5.74, 6) is 0.215. The molecular weight excluding hydrogens is 444 g/mol. The minimum Gasteiger partial charge on any atom is -0.489 e. The van der Waals surface area contributed by atoms with Gasteiger partial charge < -0.3 is 4.74 Å². The molecule has 2 aromatic carbocycles. The van der Waals surface area contributed by atoms with Gasteiger partial charge >= 0.3 is 0 Å². The molecule has 35 heavy (non-hydrogen) atoms. The molecule has 182 valence electrons. The largest absolute Gasteiger partial charge is 0.489 e. The Labute approximate surface area is 203 Å². The Morgan fingerprint density at radius 2 is 1.74 bits per heavy atom. The maximum atomic E-state index is 13.3. The van der Waals surface area contributed by atoms with E-state index in [1.807, 2.05) is 0 Å². The Hall–Kier alpha value is -3.52. The molecule has 8 nitrogen and oxygen atoms in total. The summed E-state index contributed by atoms with van der Waals surface area (Å²) in [7, 11) is 0. The molecule has 1 aromatic heterocycles. The van der Waals surface area contributed by atoms with Gasteiger partial charge in [0.25, 0.3) is 5.56 Å². The lowest BCUT2D eigenvalue weighted by molar-refractivity contribution is -0.135. The van der Waals surface area contributed by atoms with Gasteiger partial charge in [-0.05, 0) is 68.6 Å². The van der Waals surface area contributed by atoms with Crippen molar-refractivity contribution in [3.63, 3.8) is 0 Å². The van der Waals surface area contributed by atoms with Gasteiger partial charge in [-0.2, -0.15) is 0 Å². The third-order valence-corrected chi connectivity index (χ3v) is 6.85. The minimum absolute atomic E-state index is 0.195. The van der Waals surface area contributed by atoms with Crippen LogP contribution in [0.4, 0.5) is 0 Å². The third kappa shape index (κ3) is 5.12. The van der Waals surface area contributed by atoms with Crippen molar-refractivity contribution in [3.8, 4) is 5.75 Å². The molecule has 5 rings (SSSR count). The van der Waals surface area contributed by atoms with E-state index in [4.69, 9.17) is 4.74 Å². The van der Waals surface area contributed by atoms with Crippen molar-refractivity contribution < 1.29 is 14.3 Å². The highest BCUT2D eigenvalue weighted by molar-refractivity contribution is 5.99. The lowest BCUT2D eigenvalue weighted by Crippen LogP contribution is -2.45. The number of hydrogen-bond donors (Lipinski definition) is 1. The lowest BCUT2D eigenvalue weighted by atomic mass is 10.1. The molecule has 2 amide bonds. The van der Waals surface area contributed by atoms with Crippen LogP contribution in [0.15, 0.2) is 47.3 Å². The van der Waals surface area contributed by atoms with E-state index in [0.29, 0.717) is 29.1 Å². The number of piperidine rings is 2. The fraction of sp³-hybridized carbons (Fsp3) is 0.407. The van der Waals surface area contributed by atoms with Crippen LogP contribution in [0, 0.1) is 6.92 Å². The number of ether oxygens (including phenoxy) is 1. The molecule has 8 heteroatoms. The Morgan fingerprint density at radius 3 is 2.49 bits per heavy atom. The second-order valence-corrected chi connectivity index (χ2v) is 9.42. The first-order valence-electron chi connectivity index (χ1n) is 12.3. The zero-order valence-electron chi connectivity index (χ0n) is 20.0. The second kappa shape index (κ2) is 10.00. The molecule has 2 aliphatic rings. The van der Waals surface area contributed by atoms with E-state index in [2.05, 4.69) is 39.5 Å². The van der Waals surface area contributed by atoms with Crippen molar-refractivity contribution in [2.45, 2.75) is 58.2 Å². The topological polar surface area (TPSA) is 93.5 Å². The van der Waals surface area contributed by atoms with Gasteiger partial charge in [-0.3, -0.25) is 29.2 Å². The summed E-state index contributed by atoms with van der Waals surface area (Å²) in [5, 5.41) is 2.70. The number of carbonyl (C=O) groups excluding carboxylic acids is 2. The molecule has 2 aliphatic heterocycles. The van der Waals surface area contributed by atoms with Gasteiger partial charge in [0.15, 0.2) is 0 Å². The van der Waals surface area contributed by atoms with E-state index in [1.54, 1.807) is 25.1 Å². The van der Waals surface area contributed by atoms with Crippen LogP contribution in [0.1, 0.15) is 55.1 Å². The van der Waals surface area contributed by atoms with Crippen LogP contribution in [0.3, 0.4) is 0 Å². The summed E-state index contributed by atoms with van der Waals surface area (Å²) >= 11 is 0. The number of likely N-dealkylation sites (tertiary alicyclic amines) is 1. The highest BCUT2D eigenvalue weighted by Gasteiger charge is 2.30. The molecule has 1 atom stereocenters. The third-order valence-electron chi connectivity index (χ3n) is 6.85. The van der Waals surface area contributed by atoms with Crippen LogP contribution < -0.4 is 15.6 Å². The van der Waals surface area contributed by atoms with Crippen LogP contribution in [-0.4, -0.2) is 39.4 Å². The predicted octanol–water partition coefficient (Wildman–Crippen LogP) is 3.25. The Bertz CT molecular complexity index is 1310. The number of hydrogen-bond acceptors (Lipinski definition) is 6. The summed E-state index contributed by atoms with van der Waals surface area (Å²) in [6, 6.07) is 13.0. The standard InChI is InChI=1S/C27H30N4O4/c1-18-28-23-10-9-21(15-22(23)27(34)31(18)24-11-12-25(32)29-26(24)33)35-17-20-7-5-19(6-8-20)16-30-13-3-2-4-14-30/h5-10,15,24H,2-4,11-14,16-17H2,1H3,(H,29,32,33). The number of carbonyl (C=O) groups is 2. The molecule has 2 saturated heterocycles. The van der Waals surface area contributed by atoms with Crippen molar-refractivity contribution >= 4 is 22.7 Å². The first kappa shape index (κ1) is 23.2. The summed E-state index contributed by atoms with van der Waals surface area (Å²) in [6.07, 6.45) is 4.38. The first-order valence-corrected chi connectivity index (χ1v) is 12.3. The Morgan fingerprint density at radius 1 is 1.00 bits per heavy atom. The first-order chi connectivity index (χ1) is 17.0. The molecule has 2 fully saturated rings. The summed E-state index contributed by atoms with van der Waals surface area (Å²) in [4.78, 5) is 44.2. The summed E-state index contributed by atoms with van der Waals surface area (Å²) in [5.41, 5.74) is 2.59. The van der Waals surface area contributed by atoms with Crippen molar-refractivity contribution in [1.82, 2.24) is 19.8 Å². The highest BCUT2D eigenvalue weighted by Crippen LogP contribution is 2.23. The molecule has 1 unspecified atom stereocenters. The second-order valence-electron chi connectivity index (χ2n) is 9.42. The number of nitrogens with zero attached hydrogens (tertiary/aromatic N) is 3. The van der Waals surface area contributed by atoms with E-state index in [9.17, 15) is 14.4 Å². The zero-order chi connectivity index (χ0) is 24.4. The normalized spacial score (nSPS) is 19.1. The Kier molecular flexibility index (Phi) is 6.63. The van der Waals surface area contributed by atoms with Gasteiger partial charge in [0.2, 0.25) is 11.8 Å². The van der Waals surface area contributed by atoms with Gasteiger partial charge in [-0.1, -0.05) is 30.7 Å². The molecule has 0 aliphatic carbocycles. The molecule has 0 bridgehead atoms. The number of fused-ring (bicyclic) bond motifs is 1. The number of amides is 2. The lowest BCUT2D eigenvalue weighted by Gasteiger charge is -2.26. The van der Waals surface area contributed by atoms with Gasteiger partial charge in [0.05, 0.1) is 10.9 Å². The minimum atomic E-state index is -0.745. The molecular formula is C27H30N4O4. The molecule has 3 aromatic rings. The molecule has 0 saturated carbocycles. The summed E-state index contributed by atoms with van der Waals surface area (Å²) in [6.45, 7) is 5.41. The quantitative estimate of drug-likeness (QED) is 0.552.